The molecule has 2 aromatic carbocycles. The van der Waals surface area contributed by atoms with E-state index in [4.69, 9.17) is 4.74 Å². The monoisotopic (exact) mass is 498 g/mol. The Hall–Kier alpha value is -3.17. The van der Waals surface area contributed by atoms with Gasteiger partial charge >= 0.3 is 5.97 Å². The first-order valence-corrected chi connectivity index (χ1v) is 13.2. The highest BCUT2D eigenvalue weighted by molar-refractivity contribution is 7.92. The molecule has 1 aromatic heterocycles. The van der Waals surface area contributed by atoms with Crippen molar-refractivity contribution in [3.8, 4) is 0 Å². The molecule has 9 heteroatoms. The normalized spacial score (nSPS) is 13.1. The zero-order valence-corrected chi connectivity index (χ0v) is 20.9. The van der Waals surface area contributed by atoms with E-state index >= 15 is 0 Å². The summed E-state index contributed by atoms with van der Waals surface area (Å²) in [6.45, 7) is 3.56. The van der Waals surface area contributed by atoms with E-state index in [-0.39, 0.29) is 4.90 Å². The number of ether oxygens (including phenoxy) is 1. The summed E-state index contributed by atoms with van der Waals surface area (Å²) in [7, 11) is -2.49. The number of anilines is 2. The van der Waals surface area contributed by atoms with Gasteiger partial charge in [-0.2, -0.15) is 0 Å². The van der Waals surface area contributed by atoms with Gasteiger partial charge in [0.05, 0.1) is 23.3 Å². The van der Waals surface area contributed by atoms with Crippen molar-refractivity contribution in [3.63, 3.8) is 0 Å². The minimum atomic E-state index is -3.82. The molecule has 34 heavy (non-hydrogen) atoms. The lowest BCUT2D eigenvalue weighted by Crippen LogP contribution is -2.18. The summed E-state index contributed by atoms with van der Waals surface area (Å²) in [5.74, 6) is -0.885. The molecular formula is C25H26N2O5S2. The summed E-state index contributed by atoms with van der Waals surface area (Å²) in [4.78, 5) is 26.9. The van der Waals surface area contributed by atoms with Crippen LogP contribution in [0.1, 0.15) is 55.1 Å². The van der Waals surface area contributed by atoms with Gasteiger partial charge in [0, 0.05) is 10.4 Å². The Morgan fingerprint density at radius 2 is 1.71 bits per heavy atom. The molecule has 2 N–H and O–H groups in total. The first-order chi connectivity index (χ1) is 16.2. The van der Waals surface area contributed by atoms with Crippen molar-refractivity contribution in [2.75, 3.05) is 17.1 Å². The number of carbonyl (C=O) groups excluding carboxylic acids is 2. The van der Waals surface area contributed by atoms with Crippen molar-refractivity contribution >= 4 is 43.9 Å². The summed E-state index contributed by atoms with van der Waals surface area (Å²) in [6, 6.07) is 11.4. The SMILES string of the molecule is COC(=O)c1c(NC(=O)c2cccc(NS(=O)(=O)c3ccc(C)cc3)c2C)sc2c1CCCC2. The van der Waals surface area contributed by atoms with Gasteiger partial charge < -0.3 is 10.1 Å². The number of fused-ring (bicyclic) bond motifs is 1. The lowest BCUT2D eigenvalue weighted by Gasteiger charge is -2.14. The van der Waals surface area contributed by atoms with Gasteiger partial charge in [0.15, 0.2) is 0 Å². The molecule has 7 nitrogen and oxygen atoms in total. The minimum Gasteiger partial charge on any atom is -0.465 e. The maximum atomic E-state index is 13.2. The molecule has 0 unspecified atom stereocenters. The Kier molecular flexibility index (Phi) is 6.77. The second kappa shape index (κ2) is 9.60. The Morgan fingerprint density at radius 3 is 2.41 bits per heavy atom. The van der Waals surface area contributed by atoms with Crippen LogP contribution in [0.2, 0.25) is 0 Å². The molecule has 1 heterocycles. The first-order valence-electron chi connectivity index (χ1n) is 10.9. The number of hydrogen-bond acceptors (Lipinski definition) is 6. The fraction of sp³-hybridized carbons (Fsp3) is 0.280. The molecule has 4 rings (SSSR count). The van der Waals surface area contributed by atoms with E-state index in [9.17, 15) is 18.0 Å². The molecule has 0 saturated carbocycles. The van der Waals surface area contributed by atoms with Gasteiger partial charge in [0.1, 0.15) is 5.00 Å². The van der Waals surface area contributed by atoms with E-state index in [0.29, 0.717) is 27.4 Å². The summed E-state index contributed by atoms with van der Waals surface area (Å²) >= 11 is 1.40. The number of rotatable bonds is 6. The van der Waals surface area contributed by atoms with Gasteiger partial charge in [-0.1, -0.05) is 23.8 Å². The fourth-order valence-electron chi connectivity index (χ4n) is 4.06. The Bertz CT molecular complexity index is 1360. The number of amides is 1. The third kappa shape index (κ3) is 4.71. The van der Waals surface area contributed by atoms with Gasteiger partial charge in [-0.3, -0.25) is 9.52 Å². The molecule has 0 aliphatic heterocycles. The summed E-state index contributed by atoms with van der Waals surface area (Å²) in [6.07, 6.45) is 3.68. The number of aryl methyl sites for hydroxylation is 2. The molecule has 0 spiro atoms. The molecule has 1 amide bonds. The third-order valence-electron chi connectivity index (χ3n) is 5.94. The maximum absolute atomic E-state index is 13.2. The Morgan fingerprint density at radius 1 is 1.00 bits per heavy atom. The first kappa shape index (κ1) is 24.0. The van der Waals surface area contributed by atoms with Crippen LogP contribution < -0.4 is 10.0 Å². The number of nitrogens with one attached hydrogen (secondary N) is 2. The second-order valence-corrected chi connectivity index (χ2v) is 11.0. The van der Waals surface area contributed by atoms with Crippen LogP contribution in [-0.4, -0.2) is 27.4 Å². The highest BCUT2D eigenvalue weighted by atomic mass is 32.2. The van der Waals surface area contributed by atoms with Crippen LogP contribution >= 0.6 is 11.3 Å². The van der Waals surface area contributed by atoms with Crippen LogP contribution in [0.25, 0.3) is 0 Å². The van der Waals surface area contributed by atoms with E-state index in [1.54, 1.807) is 37.3 Å². The van der Waals surface area contributed by atoms with Crippen molar-refractivity contribution < 1.29 is 22.7 Å². The zero-order valence-electron chi connectivity index (χ0n) is 19.2. The Labute approximate surface area is 203 Å². The standard InChI is InChI=1S/C25H26N2O5S2/c1-15-11-13-17(14-12-15)34(30,31)27-20-9-6-8-18(16(20)2)23(28)26-24-22(25(29)32-3)19-7-4-5-10-21(19)33-24/h6,8-9,11-14,27H,4-5,7,10H2,1-3H3,(H,26,28). The number of methoxy groups -OCH3 is 1. The molecule has 0 atom stereocenters. The van der Waals surface area contributed by atoms with Crippen molar-refractivity contribution in [1.29, 1.82) is 0 Å². The molecular weight excluding hydrogens is 472 g/mol. The van der Waals surface area contributed by atoms with Gasteiger partial charge in [0.2, 0.25) is 0 Å². The highest BCUT2D eigenvalue weighted by Gasteiger charge is 2.27. The molecule has 0 saturated heterocycles. The van der Waals surface area contributed by atoms with Crippen LogP contribution in [0.3, 0.4) is 0 Å². The van der Waals surface area contributed by atoms with Crippen molar-refractivity contribution in [2.45, 2.75) is 44.4 Å². The average Bonchev–Trinajstić information content (AvgIpc) is 3.17. The fourth-order valence-corrected chi connectivity index (χ4v) is 6.45. The largest absolute Gasteiger partial charge is 0.465 e. The number of esters is 1. The number of thiophene rings is 1. The van der Waals surface area contributed by atoms with E-state index in [1.165, 1.54) is 30.6 Å². The lowest BCUT2D eigenvalue weighted by atomic mass is 9.95. The number of sulfonamides is 1. The van der Waals surface area contributed by atoms with Crippen LogP contribution in [0.15, 0.2) is 47.4 Å². The maximum Gasteiger partial charge on any atom is 0.341 e. The van der Waals surface area contributed by atoms with Crippen LogP contribution in [0.5, 0.6) is 0 Å². The zero-order chi connectivity index (χ0) is 24.5. The third-order valence-corrected chi connectivity index (χ3v) is 8.53. The van der Waals surface area contributed by atoms with Crippen LogP contribution in [0, 0.1) is 13.8 Å². The molecule has 0 radical (unpaired) electrons. The topological polar surface area (TPSA) is 102 Å². The van der Waals surface area contributed by atoms with Gasteiger partial charge in [0.25, 0.3) is 15.9 Å². The van der Waals surface area contributed by atoms with Crippen molar-refractivity contribution in [2.24, 2.45) is 0 Å². The molecule has 0 fully saturated rings. The lowest BCUT2D eigenvalue weighted by molar-refractivity contribution is 0.0601. The number of benzene rings is 2. The molecule has 1 aliphatic rings. The number of hydrogen-bond donors (Lipinski definition) is 2. The second-order valence-electron chi connectivity index (χ2n) is 8.26. The van der Waals surface area contributed by atoms with E-state index in [0.717, 1.165) is 41.7 Å². The summed E-state index contributed by atoms with van der Waals surface area (Å²) < 4.78 is 33.2. The van der Waals surface area contributed by atoms with Crippen molar-refractivity contribution in [3.05, 3.63) is 75.2 Å². The van der Waals surface area contributed by atoms with E-state index in [2.05, 4.69) is 10.0 Å². The van der Waals surface area contributed by atoms with E-state index in [1.807, 2.05) is 6.92 Å². The van der Waals surface area contributed by atoms with Gasteiger partial charge in [-0.25, -0.2) is 13.2 Å². The smallest absolute Gasteiger partial charge is 0.341 e. The quantitative estimate of drug-likeness (QED) is 0.461. The van der Waals surface area contributed by atoms with Gasteiger partial charge in [-0.05, 0) is 74.9 Å². The summed E-state index contributed by atoms with van der Waals surface area (Å²) in [5.41, 5.74) is 3.43. The van der Waals surface area contributed by atoms with Crippen LogP contribution in [-0.2, 0) is 27.6 Å². The highest BCUT2D eigenvalue weighted by Crippen LogP contribution is 2.39. The predicted octanol–water partition coefficient (Wildman–Crippen LogP) is 5.08. The molecule has 0 bridgehead atoms. The predicted molar refractivity (Wildman–Crippen MR) is 133 cm³/mol. The average molecular weight is 499 g/mol. The molecule has 1 aliphatic carbocycles. The van der Waals surface area contributed by atoms with Crippen LogP contribution in [0.4, 0.5) is 10.7 Å². The minimum absolute atomic E-state index is 0.138. The molecule has 178 valence electrons. The summed E-state index contributed by atoms with van der Waals surface area (Å²) in [5, 5.41) is 3.34. The van der Waals surface area contributed by atoms with Gasteiger partial charge in [-0.15, -0.1) is 11.3 Å². The molecule has 3 aromatic rings. The van der Waals surface area contributed by atoms with Crippen molar-refractivity contribution in [1.82, 2.24) is 0 Å². The van der Waals surface area contributed by atoms with E-state index < -0.39 is 21.9 Å². The Balaban J connectivity index is 1.62. The number of carbonyl (C=O) groups is 2.